The van der Waals surface area contributed by atoms with E-state index in [9.17, 15) is 19.5 Å². The molecular weight excluding hydrogens is 464 g/mol. The second-order valence-electron chi connectivity index (χ2n) is 8.30. The van der Waals surface area contributed by atoms with E-state index in [0.717, 1.165) is 5.56 Å². The molecule has 0 saturated heterocycles. The quantitative estimate of drug-likeness (QED) is 0.389. The van der Waals surface area contributed by atoms with Crippen LogP contribution in [0.1, 0.15) is 28.8 Å². The molecule has 1 unspecified atom stereocenters. The van der Waals surface area contributed by atoms with Crippen molar-refractivity contribution in [3.63, 3.8) is 0 Å². The molecule has 9 nitrogen and oxygen atoms in total. The van der Waals surface area contributed by atoms with Crippen LogP contribution in [0.5, 0.6) is 11.5 Å². The number of para-hydroxylation sites is 1. The molecule has 1 atom stereocenters. The molecule has 1 aliphatic heterocycles. The molecule has 4 rings (SSSR count). The van der Waals surface area contributed by atoms with Crippen molar-refractivity contribution in [2.75, 3.05) is 23.3 Å². The predicted octanol–water partition coefficient (Wildman–Crippen LogP) is 4.03. The summed E-state index contributed by atoms with van der Waals surface area (Å²) >= 11 is 0. The van der Waals surface area contributed by atoms with Crippen molar-refractivity contribution in [3.8, 4) is 11.5 Å². The van der Waals surface area contributed by atoms with Crippen LogP contribution in [0.2, 0.25) is 0 Å². The van der Waals surface area contributed by atoms with Gasteiger partial charge in [0.05, 0.1) is 17.9 Å². The van der Waals surface area contributed by atoms with E-state index in [1.807, 2.05) is 30.3 Å². The minimum Gasteiger partial charge on any atom is -0.489 e. The van der Waals surface area contributed by atoms with Crippen molar-refractivity contribution in [3.05, 3.63) is 83.9 Å². The second-order valence-corrected chi connectivity index (χ2v) is 8.30. The summed E-state index contributed by atoms with van der Waals surface area (Å²) in [7, 11) is 0. The number of carboxylic acids is 2. The number of hydrogen-bond acceptors (Lipinski definition) is 6. The van der Waals surface area contributed by atoms with E-state index in [1.54, 1.807) is 47.4 Å². The van der Waals surface area contributed by atoms with Crippen LogP contribution >= 0.6 is 0 Å². The van der Waals surface area contributed by atoms with E-state index in [0.29, 0.717) is 42.3 Å². The molecule has 3 aromatic rings. The Kier molecular flexibility index (Phi) is 7.69. The molecule has 1 heterocycles. The van der Waals surface area contributed by atoms with Crippen LogP contribution in [-0.4, -0.2) is 47.3 Å². The molecular formula is C27H26N2O7. The fourth-order valence-electron chi connectivity index (χ4n) is 3.90. The lowest BCUT2D eigenvalue weighted by Gasteiger charge is -2.35. The standard InChI is InChI=1S/C27H26N2O7/c30-24(31)13-6-14-29-16-23(27(33)34)36-25-21(11-5-12-22(25)29)28-26(32)19-9-4-10-20(15-19)35-17-18-7-2-1-3-8-18/h1-5,7-12,15,23H,6,13-14,16-17H2,(H,28,32)(H,30,31)(H,33,34). The first-order chi connectivity index (χ1) is 17.4. The minimum absolute atomic E-state index is 0.0382. The van der Waals surface area contributed by atoms with Gasteiger partial charge in [-0.25, -0.2) is 4.79 Å². The Labute approximate surface area is 207 Å². The van der Waals surface area contributed by atoms with Gasteiger partial charge >= 0.3 is 11.9 Å². The van der Waals surface area contributed by atoms with E-state index >= 15 is 0 Å². The lowest BCUT2D eigenvalue weighted by atomic mass is 10.1. The van der Waals surface area contributed by atoms with E-state index < -0.39 is 23.9 Å². The smallest absolute Gasteiger partial charge is 0.346 e. The van der Waals surface area contributed by atoms with Gasteiger partial charge in [-0.1, -0.05) is 42.5 Å². The molecule has 0 aliphatic carbocycles. The highest BCUT2D eigenvalue weighted by molar-refractivity contribution is 6.06. The number of carbonyl (C=O) groups is 3. The molecule has 0 saturated carbocycles. The van der Waals surface area contributed by atoms with Crippen molar-refractivity contribution in [2.24, 2.45) is 0 Å². The first-order valence-corrected chi connectivity index (χ1v) is 11.5. The van der Waals surface area contributed by atoms with Crippen molar-refractivity contribution in [1.82, 2.24) is 0 Å². The van der Waals surface area contributed by atoms with Crippen molar-refractivity contribution < 1.29 is 34.1 Å². The zero-order valence-electron chi connectivity index (χ0n) is 19.4. The fraction of sp³-hybridized carbons (Fsp3) is 0.222. The molecule has 0 fully saturated rings. The minimum atomic E-state index is -1.16. The largest absolute Gasteiger partial charge is 0.489 e. The molecule has 3 aromatic carbocycles. The highest BCUT2D eigenvalue weighted by atomic mass is 16.5. The third-order valence-electron chi connectivity index (χ3n) is 5.67. The number of rotatable bonds is 10. The Bertz CT molecular complexity index is 1250. The van der Waals surface area contributed by atoms with Crippen LogP contribution in [0.3, 0.4) is 0 Å². The predicted molar refractivity (Wildman–Crippen MR) is 133 cm³/mol. The molecule has 0 aromatic heterocycles. The lowest BCUT2D eigenvalue weighted by Crippen LogP contribution is -2.45. The van der Waals surface area contributed by atoms with Gasteiger partial charge < -0.3 is 29.9 Å². The van der Waals surface area contributed by atoms with Crippen molar-refractivity contribution >= 4 is 29.2 Å². The summed E-state index contributed by atoms with van der Waals surface area (Å²) in [6.07, 6.45) is -0.855. The van der Waals surface area contributed by atoms with Gasteiger partial charge in [0.1, 0.15) is 12.4 Å². The van der Waals surface area contributed by atoms with Crippen molar-refractivity contribution in [2.45, 2.75) is 25.6 Å². The van der Waals surface area contributed by atoms with Crippen LogP contribution in [0.15, 0.2) is 72.8 Å². The average molecular weight is 491 g/mol. The van der Waals surface area contributed by atoms with Crippen LogP contribution in [-0.2, 0) is 16.2 Å². The molecule has 3 N–H and O–H groups in total. The number of nitrogens with zero attached hydrogens (tertiary/aromatic N) is 1. The second kappa shape index (κ2) is 11.3. The summed E-state index contributed by atoms with van der Waals surface area (Å²) in [6, 6.07) is 21.5. The van der Waals surface area contributed by atoms with Gasteiger partial charge in [-0.05, 0) is 42.3 Å². The Hall–Kier alpha value is -4.53. The zero-order chi connectivity index (χ0) is 25.5. The maximum Gasteiger partial charge on any atom is 0.346 e. The van der Waals surface area contributed by atoms with Crippen molar-refractivity contribution in [1.29, 1.82) is 0 Å². The highest BCUT2D eigenvalue weighted by Gasteiger charge is 2.32. The Morgan fingerprint density at radius 3 is 2.53 bits per heavy atom. The van der Waals surface area contributed by atoms with Gasteiger partial charge in [0.15, 0.2) is 5.75 Å². The monoisotopic (exact) mass is 490 g/mol. The van der Waals surface area contributed by atoms with Gasteiger partial charge in [0.2, 0.25) is 6.10 Å². The molecule has 0 bridgehead atoms. The van der Waals surface area contributed by atoms with Crippen LogP contribution in [0.25, 0.3) is 0 Å². The van der Waals surface area contributed by atoms with E-state index in [1.165, 1.54) is 0 Å². The Morgan fingerprint density at radius 1 is 1.00 bits per heavy atom. The number of anilines is 2. The van der Waals surface area contributed by atoms with E-state index in [2.05, 4.69) is 5.32 Å². The molecule has 9 heteroatoms. The number of ether oxygens (including phenoxy) is 2. The Morgan fingerprint density at radius 2 is 1.78 bits per heavy atom. The SMILES string of the molecule is O=C(O)CCCN1CC(C(=O)O)Oc2c(NC(=O)c3cccc(OCc4ccccc4)c3)cccc21. The number of fused-ring (bicyclic) bond motifs is 1. The molecule has 36 heavy (non-hydrogen) atoms. The number of carbonyl (C=O) groups excluding carboxylic acids is 1. The highest BCUT2D eigenvalue weighted by Crippen LogP contribution is 2.40. The maximum absolute atomic E-state index is 13.1. The molecule has 0 spiro atoms. The maximum atomic E-state index is 13.1. The number of benzene rings is 3. The van der Waals surface area contributed by atoms with Crippen LogP contribution in [0.4, 0.5) is 11.4 Å². The molecule has 186 valence electrons. The first-order valence-electron chi connectivity index (χ1n) is 11.5. The van der Waals surface area contributed by atoms with Gasteiger partial charge in [-0.3, -0.25) is 9.59 Å². The summed E-state index contributed by atoms with van der Waals surface area (Å²) in [4.78, 5) is 37.4. The molecule has 1 aliphatic rings. The molecule has 0 radical (unpaired) electrons. The zero-order valence-corrected chi connectivity index (χ0v) is 19.4. The van der Waals surface area contributed by atoms with E-state index in [-0.39, 0.29) is 18.7 Å². The summed E-state index contributed by atoms with van der Waals surface area (Å²) in [6.45, 7) is 0.769. The number of hydrogen-bond donors (Lipinski definition) is 3. The Balaban J connectivity index is 1.51. The average Bonchev–Trinajstić information content (AvgIpc) is 2.88. The van der Waals surface area contributed by atoms with Crippen LogP contribution < -0.4 is 19.7 Å². The summed E-state index contributed by atoms with van der Waals surface area (Å²) in [5.41, 5.74) is 2.28. The summed E-state index contributed by atoms with van der Waals surface area (Å²) < 4.78 is 11.5. The van der Waals surface area contributed by atoms with Gasteiger partial charge in [0, 0.05) is 18.5 Å². The first kappa shape index (κ1) is 24.6. The third-order valence-corrected chi connectivity index (χ3v) is 5.67. The number of aliphatic carboxylic acids is 2. The van der Waals surface area contributed by atoms with E-state index in [4.69, 9.17) is 14.6 Å². The fourth-order valence-corrected chi connectivity index (χ4v) is 3.90. The summed E-state index contributed by atoms with van der Waals surface area (Å²) in [5.74, 6) is -1.71. The van der Waals surface area contributed by atoms with Crippen LogP contribution in [0, 0.1) is 0 Å². The van der Waals surface area contributed by atoms with Gasteiger partial charge in [0.25, 0.3) is 5.91 Å². The topological polar surface area (TPSA) is 125 Å². The number of carboxylic acid groups (broad SMARTS) is 2. The number of nitrogens with one attached hydrogen (secondary N) is 1. The number of amides is 1. The van der Waals surface area contributed by atoms with Gasteiger partial charge in [-0.2, -0.15) is 0 Å². The summed E-state index contributed by atoms with van der Waals surface area (Å²) in [5, 5.41) is 21.3. The van der Waals surface area contributed by atoms with Gasteiger partial charge in [-0.15, -0.1) is 0 Å². The normalized spacial score (nSPS) is 14.3. The third kappa shape index (κ3) is 6.12. The lowest BCUT2D eigenvalue weighted by molar-refractivity contribution is -0.145. The molecule has 1 amide bonds.